The van der Waals surface area contributed by atoms with E-state index in [1.54, 1.807) is 0 Å². The fraction of sp³-hybridized carbons (Fsp3) is 0.333. The molecule has 106 valence electrons. The molecule has 0 aliphatic carbocycles. The van der Waals surface area contributed by atoms with Crippen molar-refractivity contribution in [2.45, 2.75) is 38.1 Å². The standard InChI is InChI=1S/C18H23NS/c1-13-9-14(2)18(15(3)10-13)11-16(19)12-20-17-7-5-4-6-8-17/h4-10,16H,11-12,19H2,1-3H3. The largest absolute Gasteiger partial charge is 0.327 e. The number of aryl methyl sites for hydroxylation is 3. The molecule has 2 aromatic rings. The van der Waals surface area contributed by atoms with Gasteiger partial charge in [0, 0.05) is 16.7 Å². The van der Waals surface area contributed by atoms with Crippen molar-refractivity contribution in [1.29, 1.82) is 0 Å². The summed E-state index contributed by atoms with van der Waals surface area (Å²) in [5.41, 5.74) is 11.8. The molecule has 2 heteroatoms. The van der Waals surface area contributed by atoms with Crippen LogP contribution in [0.15, 0.2) is 47.4 Å². The maximum Gasteiger partial charge on any atom is 0.0174 e. The Bertz CT molecular complexity index is 540. The van der Waals surface area contributed by atoms with E-state index in [4.69, 9.17) is 5.73 Å². The van der Waals surface area contributed by atoms with Gasteiger partial charge in [-0.15, -0.1) is 11.8 Å². The van der Waals surface area contributed by atoms with Gasteiger partial charge in [0.15, 0.2) is 0 Å². The van der Waals surface area contributed by atoms with E-state index in [0.29, 0.717) is 0 Å². The Morgan fingerprint density at radius 1 is 1.00 bits per heavy atom. The number of benzene rings is 2. The third-order valence-corrected chi connectivity index (χ3v) is 4.71. The van der Waals surface area contributed by atoms with E-state index in [2.05, 4.69) is 57.2 Å². The van der Waals surface area contributed by atoms with E-state index in [1.807, 2.05) is 17.8 Å². The predicted octanol–water partition coefficient (Wildman–Crippen LogP) is 4.27. The number of rotatable bonds is 5. The summed E-state index contributed by atoms with van der Waals surface area (Å²) in [4.78, 5) is 1.29. The molecule has 0 aromatic heterocycles. The first-order valence-electron chi connectivity index (χ1n) is 7.06. The van der Waals surface area contributed by atoms with E-state index in [9.17, 15) is 0 Å². The topological polar surface area (TPSA) is 26.0 Å². The molecule has 1 atom stereocenters. The summed E-state index contributed by atoms with van der Waals surface area (Å²) in [5, 5.41) is 0. The Morgan fingerprint density at radius 3 is 2.20 bits per heavy atom. The van der Waals surface area contributed by atoms with Crippen LogP contribution in [0.5, 0.6) is 0 Å². The fourth-order valence-electron chi connectivity index (χ4n) is 2.57. The highest BCUT2D eigenvalue weighted by atomic mass is 32.2. The van der Waals surface area contributed by atoms with Crippen molar-refractivity contribution in [3.8, 4) is 0 Å². The first kappa shape index (κ1) is 15.1. The zero-order chi connectivity index (χ0) is 14.5. The van der Waals surface area contributed by atoms with Crippen LogP contribution in [0.2, 0.25) is 0 Å². The Kier molecular flexibility index (Phi) is 5.27. The third-order valence-electron chi connectivity index (χ3n) is 3.51. The second-order valence-electron chi connectivity index (χ2n) is 5.47. The number of hydrogen-bond acceptors (Lipinski definition) is 2. The smallest absolute Gasteiger partial charge is 0.0174 e. The van der Waals surface area contributed by atoms with Gasteiger partial charge in [-0.1, -0.05) is 35.9 Å². The molecule has 2 rings (SSSR count). The summed E-state index contributed by atoms with van der Waals surface area (Å²) in [5.74, 6) is 0.955. The second kappa shape index (κ2) is 6.96. The Balaban J connectivity index is 1.96. The van der Waals surface area contributed by atoms with Crippen molar-refractivity contribution < 1.29 is 0 Å². The van der Waals surface area contributed by atoms with Crippen LogP contribution in [-0.4, -0.2) is 11.8 Å². The van der Waals surface area contributed by atoms with E-state index < -0.39 is 0 Å². The minimum Gasteiger partial charge on any atom is -0.327 e. The van der Waals surface area contributed by atoms with Crippen LogP contribution in [0, 0.1) is 20.8 Å². The molecule has 1 nitrogen and oxygen atoms in total. The van der Waals surface area contributed by atoms with Gasteiger partial charge in [-0.25, -0.2) is 0 Å². The molecule has 0 radical (unpaired) electrons. The Labute approximate surface area is 126 Å². The molecule has 0 saturated heterocycles. The number of nitrogens with two attached hydrogens (primary N) is 1. The first-order chi connectivity index (χ1) is 9.56. The van der Waals surface area contributed by atoms with Crippen molar-refractivity contribution in [1.82, 2.24) is 0 Å². The summed E-state index contributed by atoms with van der Waals surface area (Å²) in [6.45, 7) is 6.52. The van der Waals surface area contributed by atoms with Gasteiger partial charge in [-0.2, -0.15) is 0 Å². The monoisotopic (exact) mass is 285 g/mol. The molecule has 0 heterocycles. The minimum absolute atomic E-state index is 0.195. The van der Waals surface area contributed by atoms with Gasteiger partial charge in [0.1, 0.15) is 0 Å². The van der Waals surface area contributed by atoms with E-state index in [1.165, 1.54) is 27.1 Å². The molecule has 20 heavy (non-hydrogen) atoms. The van der Waals surface area contributed by atoms with Crippen LogP contribution in [-0.2, 0) is 6.42 Å². The number of hydrogen-bond donors (Lipinski definition) is 1. The molecule has 0 aliphatic rings. The normalized spacial score (nSPS) is 12.4. The molecular formula is C18H23NS. The van der Waals surface area contributed by atoms with E-state index >= 15 is 0 Å². The van der Waals surface area contributed by atoms with E-state index in [0.717, 1.165) is 12.2 Å². The van der Waals surface area contributed by atoms with Crippen LogP contribution in [0.4, 0.5) is 0 Å². The molecule has 0 saturated carbocycles. The third kappa shape index (κ3) is 4.12. The molecule has 2 aromatic carbocycles. The van der Waals surface area contributed by atoms with Gasteiger partial charge < -0.3 is 5.73 Å². The molecular weight excluding hydrogens is 262 g/mol. The van der Waals surface area contributed by atoms with Crippen molar-refractivity contribution >= 4 is 11.8 Å². The van der Waals surface area contributed by atoms with Crippen molar-refractivity contribution in [2.24, 2.45) is 5.73 Å². The van der Waals surface area contributed by atoms with Gasteiger partial charge in [0.25, 0.3) is 0 Å². The molecule has 1 unspecified atom stereocenters. The summed E-state index contributed by atoms with van der Waals surface area (Å²) in [7, 11) is 0. The lowest BCUT2D eigenvalue weighted by Crippen LogP contribution is -2.26. The van der Waals surface area contributed by atoms with Crippen LogP contribution < -0.4 is 5.73 Å². The maximum absolute atomic E-state index is 6.31. The van der Waals surface area contributed by atoms with Gasteiger partial charge in [-0.3, -0.25) is 0 Å². The van der Waals surface area contributed by atoms with Gasteiger partial charge >= 0.3 is 0 Å². The van der Waals surface area contributed by atoms with Crippen LogP contribution in [0.25, 0.3) is 0 Å². The average Bonchev–Trinajstić information content (AvgIpc) is 2.42. The quantitative estimate of drug-likeness (QED) is 0.830. The summed E-state index contributed by atoms with van der Waals surface area (Å²) in [6.07, 6.45) is 0.956. The van der Waals surface area contributed by atoms with Crippen LogP contribution >= 0.6 is 11.8 Å². The lowest BCUT2D eigenvalue weighted by molar-refractivity contribution is 0.741. The molecule has 0 spiro atoms. The molecule has 0 aliphatic heterocycles. The average molecular weight is 285 g/mol. The van der Waals surface area contributed by atoms with E-state index in [-0.39, 0.29) is 6.04 Å². The SMILES string of the molecule is Cc1cc(C)c(CC(N)CSc2ccccc2)c(C)c1. The fourth-order valence-corrected chi connectivity index (χ4v) is 3.45. The van der Waals surface area contributed by atoms with Gasteiger partial charge in [0.05, 0.1) is 0 Å². The minimum atomic E-state index is 0.195. The molecule has 2 N–H and O–H groups in total. The summed E-state index contributed by atoms with van der Waals surface area (Å²) < 4.78 is 0. The number of thioether (sulfide) groups is 1. The highest BCUT2D eigenvalue weighted by Crippen LogP contribution is 2.21. The Morgan fingerprint density at radius 2 is 1.60 bits per heavy atom. The van der Waals surface area contributed by atoms with Gasteiger partial charge in [0.2, 0.25) is 0 Å². The predicted molar refractivity (Wildman–Crippen MR) is 89.5 cm³/mol. The van der Waals surface area contributed by atoms with Gasteiger partial charge in [-0.05, 0) is 56.0 Å². The molecule has 0 amide bonds. The van der Waals surface area contributed by atoms with Crippen LogP contribution in [0.3, 0.4) is 0 Å². The summed E-state index contributed by atoms with van der Waals surface area (Å²) >= 11 is 1.84. The zero-order valence-corrected chi connectivity index (χ0v) is 13.3. The highest BCUT2D eigenvalue weighted by molar-refractivity contribution is 7.99. The Hall–Kier alpha value is -1.25. The maximum atomic E-state index is 6.31. The highest BCUT2D eigenvalue weighted by Gasteiger charge is 2.10. The zero-order valence-electron chi connectivity index (χ0n) is 12.5. The van der Waals surface area contributed by atoms with Crippen LogP contribution in [0.1, 0.15) is 22.3 Å². The lowest BCUT2D eigenvalue weighted by atomic mass is 9.95. The van der Waals surface area contributed by atoms with Crippen molar-refractivity contribution in [3.05, 3.63) is 64.7 Å². The van der Waals surface area contributed by atoms with Crippen molar-refractivity contribution in [2.75, 3.05) is 5.75 Å². The molecule has 0 fully saturated rings. The first-order valence-corrected chi connectivity index (χ1v) is 8.05. The summed E-state index contributed by atoms with van der Waals surface area (Å²) in [6, 6.07) is 15.2. The second-order valence-corrected chi connectivity index (χ2v) is 6.56. The van der Waals surface area contributed by atoms with Crippen molar-refractivity contribution in [3.63, 3.8) is 0 Å². The molecule has 0 bridgehead atoms. The lowest BCUT2D eigenvalue weighted by Gasteiger charge is -2.16.